The first-order valence-corrected chi connectivity index (χ1v) is 15.5. The van der Waals surface area contributed by atoms with Crippen LogP contribution in [0.15, 0.2) is 47.4 Å². The zero-order chi connectivity index (χ0) is 25.9. The van der Waals surface area contributed by atoms with E-state index in [1.807, 2.05) is 36.4 Å². The molecule has 0 heterocycles. The zero-order valence-electron chi connectivity index (χ0n) is 21.3. The first kappa shape index (κ1) is 29.5. The van der Waals surface area contributed by atoms with Crippen LogP contribution in [0, 0.1) is 16.9 Å². The van der Waals surface area contributed by atoms with Crippen molar-refractivity contribution in [3.05, 3.63) is 42.5 Å². The Hall–Kier alpha value is -2.50. The largest absolute Gasteiger partial charge is 0.462 e. The highest BCUT2D eigenvalue weighted by atomic mass is 32.2. The summed E-state index contributed by atoms with van der Waals surface area (Å²) < 4.78 is 16.6. The Balaban J connectivity index is 3.44. The first-order chi connectivity index (χ1) is 15.7. The van der Waals surface area contributed by atoms with E-state index in [9.17, 15) is 14.4 Å². The van der Waals surface area contributed by atoms with Gasteiger partial charge in [-0.3, -0.25) is 14.4 Å². The average Bonchev–Trinajstić information content (AvgIpc) is 2.70. The van der Waals surface area contributed by atoms with Crippen molar-refractivity contribution < 1.29 is 28.6 Å². The predicted octanol–water partition coefficient (Wildman–Crippen LogP) is 5.04. The van der Waals surface area contributed by atoms with Crippen molar-refractivity contribution in [3.63, 3.8) is 0 Å². The quantitative estimate of drug-likeness (QED) is 0.153. The van der Waals surface area contributed by atoms with Crippen molar-refractivity contribution >= 4 is 37.7 Å². The molecule has 8 heteroatoms. The van der Waals surface area contributed by atoms with Crippen LogP contribution in [0.5, 0.6) is 0 Å². The summed E-state index contributed by atoms with van der Waals surface area (Å²) in [5, 5.41) is -0.462. The van der Waals surface area contributed by atoms with Crippen LogP contribution in [0.25, 0.3) is 0 Å². The van der Waals surface area contributed by atoms with Gasteiger partial charge < -0.3 is 14.2 Å². The molecular weight excluding hydrogens is 468 g/mol. The van der Waals surface area contributed by atoms with Gasteiger partial charge in [-0.15, -0.1) is 17.3 Å². The molecule has 6 nitrogen and oxygen atoms in total. The van der Waals surface area contributed by atoms with Gasteiger partial charge in [0.2, 0.25) is 0 Å². The van der Waals surface area contributed by atoms with E-state index in [1.54, 1.807) is 26.8 Å². The van der Waals surface area contributed by atoms with E-state index in [4.69, 9.17) is 14.2 Å². The van der Waals surface area contributed by atoms with E-state index in [0.29, 0.717) is 0 Å². The molecule has 0 bridgehead atoms. The number of benzene rings is 1. The van der Waals surface area contributed by atoms with Gasteiger partial charge >= 0.3 is 17.9 Å². The van der Waals surface area contributed by atoms with Gasteiger partial charge in [-0.05, 0) is 39.0 Å². The van der Waals surface area contributed by atoms with Crippen molar-refractivity contribution in [1.29, 1.82) is 0 Å². The number of esters is 3. The molecule has 0 saturated heterocycles. The van der Waals surface area contributed by atoms with Crippen LogP contribution in [0.1, 0.15) is 34.6 Å². The van der Waals surface area contributed by atoms with Gasteiger partial charge in [-0.2, -0.15) is 0 Å². The van der Waals surface area contributed by atoms with E-state index >= 15 is 0 Å². The molecule has 0 aliphatic rings. The number of rotatable bonds is 9. The van der Waals surface area contributed by atoms with Crippen molar-refractivity contribution in [1.82, 2.24) is 0 Å². The first-order valence-electron chi connectivity index (χ1n) is 11.1. The third-order valence-corrected chi connectivity index (χ3v) is 6.28. The Morgan fingerprint density at radius 2 is 1.65 bits per heavy atom. The van der Waals surface area contributed by atoms with Crippen LogP contribution >= 0.6 is 11.8 Å². The van der Waals surface area contributed by atoms with E-state index in [-0.39, 0.29) is 6.61 Å². The van der Waals surface area contributed by atoms with Crippen molar-refractivity contribution in [2.75, 3.05) is 6.61 Å². The highest BCUT2D eigenvalue weighted by Gasteiger charge is 2.38. The minimum Gasteiger partial charge on any atom is -0.462 e. The minimum absolute atomic E-state index is 0.241. The van der Waals surface area contributed by atoms with E-state index < -0.39 is 48.9 Å². The summed E-state index contributed by atoms with van der Waals surface area (Å²) in [6.07, 6.45) is 1.65. The molecule has 0 N–H and O–H groups in total. The molecule has 3 unspecified atom stereocenters. The number of hydrogen-bond acceptors (Lipinski definition) is 7. The second-order valence-electron chi connectivity index (χ2n) is 9.84. The van der Waals surface area contributed by atoms with Crippen molar-refractivity contribution in [2.24, 2.45) is 5.41 Å². The van der Waals surface area contributed by atoms with Crippen LogP contribution in [-0.4, -0.2) is 50.0 Å². The monoisotopic (exact) mass is 504 g/mol. The highest BCUT2D eigenvalue weighted by Crippen LogP contribution is 2.31. The Morgan fingerprint density at radius 3 is 2.15 bits per heavy atom. The molecule has 0 aliphatic carbocycles. The normalized spacial score (nSPS) is 14.4. The van der Waals surface area contributed by atoms with Gasteiger partial charge in [0.15, 0.2) is 12.2 Å². The van der Waals surface area contributed by atoms with Gasteiger partial charge in [0.25, 0.3) is 0 Å². The highest BCUT2D eigenvalue weighted by molar-refractivity contribution is 8.00. The second-order valence-corrected chi connectivity index (χ2v) is 15.8. The number of thioether (sulfide) groups is 1. The molecule has 0 saturated carbocycles. The summed E-state index contributed by atoms with van der Waals surface area (Å²) in [5.74, 6) is 1.53. The van der Waals surface area contributed by atoms with Gasteiger partial charge in [0, 0.05) is 18.7 Å². The molecule has 1 aromatic rings. The zero-order valence-corrected chi connectivity index (χ0v) is 23.2. The molecule has 34 heavy (non-hydrogen) atoms. The Bertz CT molecular complexity index is 919. The lowest BCUT2D eigenvalue weighted by Crippen LogP contribution is -2.45. The Kier molecular flexibility index (Phi) is 11.6. The van der Waals surface area contributed by atoms with Crippen LogP contribution in [0.3, 0.4) is 0 Å². The lowest BCUT2D eigenvalue weighted by molar-refractivity contribution is -0.179. The summed E-state index contributed by atoms with van der Waals surface area (Å²) in [6.45, 7) is 13.9. The smallest absolute Gasteiger partial charge is 0.311 e. The molecule has 3 atom stereocenters. The van der Waals surface area contributed by atoms with E-state index in [2.05, 4.69) is 31.1 Å². The molecule has 1 rings (SSSR count). The van der Waals surface area contributed by atoms with Gasteiger partial charge in [0.1, 0.15) is 14.7 Å². The van der Waals surface area contributed by atoms with Gasteiger partial charge in [0.05, 0.1) is 10.7 Å². The molecule has 1 aromatic carbocycles. The topological polar surface area (TPSA) is 78.9 Å². The average molecular weight is 505 g/mol. The van der Waals surface area contributed by atoms with Crippen LogP contribution in [0.4, 0.5) is 0 Å². The van der Waals surface area contributed by atoms with E-state index in [0.717, 1.165) is 4.90 Å². The Morgan fingerprint density at radius 1 is 1.03 bits per heavy atom. The maximum Gasteiger partial charge on any atom is 0.311 e. The van der Waals surface area contributed by atoms with Gasteiger partial charge in [-0.25, -0.2) is 0 Å². The standard InChI is InChI=1S/C26H36O6SSi/c1-19(27)30-18-22(32-25(29)26(3,4)5)24(31-20(2)28)23(16-12-13-17-34(6,7)8)33-21-14-10-9-11-15-21/h9-12,14-16,22-24H,18H2,1-8H3/b16-12+. The summed E-state index contributed by atoms with van der Waals surface area (Å²) in [4.78, 5) is 37.3. The minimum atomic E-state index is -1.58. The SMILES string of the molecule is CC(=O)OCC(OC(=O)C(C)(C)C)C(OC(C)=O)C(/C=C/C#C[Si](C)(C)C)Sc1ccccc1. The third-order valence-electron chi connectivity index (χ3n) is 4.15. The lowest BCUT2D eigenvalue weighted by atomic mass is 9.97. The summed E-state index contributed by atoms with van der Waals surface area (Å²) in [7, 11) is -1.58. The predicted molar refractivity (Wildman–Crippen MR) is 138 cm³/mol. The lowest BCUT2D eigenvalue weighted by Gasteiger charge is -2.32. The molecule has 186 valence electrons. The second kappa shape index (κ2) is 13.4. The number of ether oxygens (including phenoxy) is 3. The molecular formula is C26H36O6SSi. The van der Waals surface area contributed by atoms with Crippen LogP contribution < -0.4 is 0 Å². The molecule has 0 aliphatic heterocycles. The number of allylic oxidation sites excluding steroid dienone is 1. The maximum absolute atomic E-state index is 12.7. The third kappa shape index (κ3) is 12.1. The molecule has 0 fully saturated rings. The fourth-order valence-corrected chi connectivity index (χ4v) is 4.20. The maximum atomic E-state index is 12.7. The van der Waals surface area contributed by atoms with Crippen LogP contribution in [0.2, 0.25) is 19.6 Å². The van der Waals surface area contributed by atoms with Gasteiger partial charge in [-0.1, -0.05) is 49.8 Å². The molecule has 0 aromatic heterocycles. The van der Waals surface area contributed by atoms with Crippen LogP contribution in [-0.2, 0) is 28.6 Å². The fourth-order valence-electron chi connectivity index (χ4n) is 2.53. The summed E-state index contributed by atoms with van der Waals surface area (Å²) >= 11 is 1.44. The number of carbonyl (C=O) groups is 3. The summed E-state index contributed by atoms with van der Waals surface area (Å²) in [5.41, 5.74) is 2.48. The van der Waals surface area contributed by atoms with Crippen molar-refractivity contribution in [2.45, 2.75) is 76.6 Å². The molecule has 0 spiro atoms. The molecule has 0 amide bonds. The molecule has 0 radical (unpaired) electrons. The Labute approximate surface area is 208 Å². The van der Waals surface area contributed by atoms with E-state index in [1.165, 1.54) is 25.6 Å². The summed E-state index contributed by atoms with van der Waals surface area (Å²) in [6, 6.07) is 9.60. The number of hydrogen-bond donors (Lipinski definition) is 0. The fraction of sp³-hybridized carbons (Fsp3) is 0.500. The number of carbonyl (C=O) groups excluding carboxylic acids is 3. The van der Waals surface area contributed by atoms with Crippen molar-refractivity contribution in [3.8, 4) is 11.5 Å².